The lowest BCUT2D eigenvalue weighted by Gasteiger charge is -2.33. The third-order valence-corrected chi connectivity index (χ3v) is 2.00. The van der Waals surface area contributed by atoms with Crippen molar-refractivity contribution < 1.29 is 0 Å². The summed E-state index contributed by atoms with van der Waals surface area (Å²) in [6.07, 6.45) is 7.52. The Morgan fingerprint density at radius 1 is 1.30 bits per heavy atom. The molecular formula is C9H14Cl. The average molecular weight is 158 g/mol. The summed E-state index contributed by atoms with van der Waals surface area (Å²) >= 11 is 6.15. The molecule has 0 heterocycles. The number of halogens is 1. The van der Waals surface area contributed by atoms with Crippen molar-refractivity contribution >= 4 is 11.6 Å². The molecule has 0 amide bonds. The molecule has 1 radical (unpaired) electrons. The Kier molecular flexibility index (Phi) is 1.84. The van der Waals surface area contributed by atoms with Gasteiger partial charge in [-0.25, -0.2) is 0 Å². The maximum Gasteiger partial charge on any atom is 0.0492 e. The monoisotopic (exact) mass is 157 g/mol. The van der Waals surface area contributed by atoms with E-state index in [4.69, 9.17) is 11.6 Å². The highest BCUT2D eigenvalue weighted by molar-refractivity contribution is 6.24. The van der Waals surface area contributed by atoms with Crippen molar-refractivity contribution in [3.63, 3.8) is 0 Å². The van der Waals surface area contributed by atoms with Crippen LogP contribution in [0.15, 0.2) is 12.2 Å². The molecule has 0 spiro atoms. The zero-order valence-corrected chi connectivity index (χ0v) is 7.57. The van der Waals surface area contributed by atoms with E-state index in [1.807, 2.05) is 0 Å². The minimum Gasteiger partial charge on any atom is -0.119 e. The fourth-order valence-corrected chi connectivity index (χ4v) is 1.85. The van der Waals surface area contributed by atoms with Gasteiger partial charge in [-0.15, -0.1) is 11.6 Å². The highest BCUT2D eigenvalue weighted by atomic mass is 35.5. The van der Waals surface area contributed by atoms with E-state index in [0.717, 1.165) is 6.42 Å². The van der Waals surface area contributed by atoms with Gasteiger partial charge in [-0.3, -0.25) is 0 Å². The lowest BCUT2D eigenvalue weighted by atomic mass is 9.77. The molecule has 0 N–H and O–H groups in total. The van der Waals surface area contributed by atoms with Crippen LogP contribution in [-0.4, -0.2) is 4.87 Å². The summed E-state index contributed by atoms with van der Waals surface area (Å²) in [5, 5.41) is 0. The largest absolute Gasteiger partial charge is 0.119 e. The van der Waals surface area contributed by atoms with Crippen LogP contribution in [-0.2, 0) is 0 Å². The van der Waals surface area contributed by atoms with Crippen LogP contribution in [0, 0.1) is 11.8 Å². The molecule has 1 aliphatic rings. The van der Waals surface area contributed by atoms with Crippen LogP contribution < -0.4 is 0 Å². The van der Waals surface area contributed by atoms with E-state index in [9.17, 15) is 0 Å². The van der Waals surface area contributed by atoms with Crippen molar-refractivity contribution in [3.8, 4) is 0 Å². The molecule has 0 aliphatic heterocycles. The van der Waals surface area contributed by atoms with Gasteiger partial charge in [0.05, 0.1) is 0 Å². The van der Waals surface area contributed by atoms with Crippen molar-refractivity contribution in [3.05, 3.63) is 18.6 Å². The van der Waals surface area contributed by atoms with Crippen molar-refractivity contribution in [2.75, 3.05) is 0 Å². The quantitative estimate of drug-likeness (QED) is 0.374. The molecule has 1 atom stereocenters. The summed E-state index contributed by atoms with van der Waals surface area (Å²) in [4.78, 5) is -0.127. The summed E-state index contributed by atoms with van der Waals surface area (Å²) in [6, 6.07) is 0. The number of rotatable bonds is 0. The second-order valence-electron chi connectivity index (χ2n) is 3.85. The first-order chi connectivity index (χ1) is 4.41. The van der Waals surface area contributed by atoms with E-state index >= 15 is 0 Å². The van der Waals surface area contributed by atoms with Gasteiger partial charge in [0.2, 0.25) is 0 Å². The molecule has 0 aromatic rings. The Hall–Kier alpha value is 0.0300. The summed E-state index contributed by atoms with van der Waals surface area (Å²) in [5.41, 5.74) is 0.175. The van der Waals surface area contributed by atoms with Gasteiger partial charge in [0.25, 0.3) is 0 Å². The normalized spacial score (nSPS) is 38.0. The fourth-order valence-electron chi connectivity index (χ4n) is 1.48. The Morgan fingerprint density at radius 2 is 1.90 bits per heavy atom. The minimum absolute atomic E-state index is 0.127. The molecule has 0 saturated carbocycles. The average Bonchev–Trinajstić information content (AvgIpc) is 1.56. The van der Waals surface area contributed by atoms with Gasteiger partial charge in [0, 0.05) is 4.87 Å². The summed E-state index contributed by atoms with van der Waals surface area (Å²) < 4.78 is 0. The third kappa shape index (κ3) is 2.02. The number of alkyl halides is 1. The van der Waals surface area contributed by atoms with E-state index in [-0.39, 0.29) is 10.3 Å². The van der Waals surface area contributed by atoms with Gasteiger partial charge < -0.3 is 0 Å². The number of hydrogen-bond acceptors (Lipinski definition) is 0. The number of allylic oxidation sites excluding steroid dienone is 2. The lowest BCUT2D eigenvalue weighted by Crippen LogP contribution is -2.28. The maximum atomic E-state index is 6.15. The van der Waals surface area contributed by atoms with E-state index < -0.39 is 0 Å². The van der Waals surface area contributed by atoms with Crippen LogP contribution in [0.2, 0.25) is 0 Å². The van der Waals surface area contributed by atoms with Gasteiger partial charge in [-0.1, -0.05) is 26.0 Å². The first-order valence-electron chi connectivity index (χ1n) is 3.65. The Labute approximate surface area is 68.3 Å². The van der Waals surface area contributed by atoms with Gasteiger partial charge in [0.15, 0.2) is 0 Å². The van der Waals surface area contributed by atoms with Crippen molar-refractivity contribution in [1.82, 2.24) is 0 Å². The third-order valence-electron chi connectivity index (χ3n) is 1.74. The molecule has 0 saturated heterocycles. The Bertz CT molecular complexity index is 154. The van der Waals surface area contributed by atoms with E-state index in [1.165, 1.54) is 0 Å². The molecular weight excluding hydrogens is 144 g/mol. The van der Waals surface area contributed by atoms with Crippen LogP contribution in [0.3, 0.4) is 0 Å². The highest BCUT2D eigenvalue weighted by Gasteiger charge is 2.31. The van der Waals surface area contributed by atoms with E-state index in [1.54, 1.807) is 0 Å². The fraction of sp³-hybridized carbons (Fsp3) is 0.667. The standard InChI is InChI=1S/C9H14Cl/c1-8(2)5-4-6-9(3,10)7-8/h4-5,7H,6H2,1-3H3. The molecule has 1 rings (SSSR count). The Morgan fingerprint density at radius 3 is 2.20 bits per heavy atom. The molecule has 10 heavy (non-hydrogen) atoms. The zero-order valence-electron chi connectivity index (χ0n) is 6.82. The van der Waals surface area contributed by atoms with Gasteiger partial charge in [-0.2, -0.15) is 0 Å². The summed E-state index contributed by atoms with van der Waals surface area (Å²) in [6.45, 7) is 6.40. The van der Waals surface area contributed by atoms with Crippen LogP contribution >= 0.6 is 11.6 Å². The molecule has 0 nitrogen and oxygen atoms in total. The molecule has 0 fully saturated rings. The van der Waals surface area contributed by atoms with E-state index in [0.29, 0.717) is 0 Å². The highest BCUT2D eigenvalue weighted by Crippen LogP contribution is 2.38. The minimum atomic E-state index is -0.127. The van der Waals surface area contributed by atoms with Gasteiger partial charge in [0.1, 0.15) is 0 Å². The lowest BCUT2D eigenvalue weighted by molar-refractivity contribution is 0.472. The van der Waals surface area contributed by atoms with Crippen LogP contribution in [0.25, 0.3) is 0 Å². The van der Waals surface area contributed by atoms with Gasteiger partial charge >= 0.3 is 0 Å². The molecule has 57 valence electrons. The van der Waals surface area contributed by atoms with Crippen LogP contribution in [0.5, 0.6) is 0 Å². The van der Waals surface area contributed by atoms with Crippen molar-refractivity contribution in [2.24, 2.45) is 5.41 Å². The molecule has 1 heteroatoms. The smallest absolute Gasteiger partial charge is 0.0492 e. The molecule has 0 bridgehead atoms. The summed E-state index contributed by atoms with van der Waals surface area (Å²) in [7, 11) is 0. The number of hydrogen-bond donors (Lipinski definition) is 0. The topological polar surface area (TPSA) is 0 Å². The zero-order chi connectivity index (χ0) is 7.83. The summed E-state index contributed by atoms with van der Waals surface area (Å²) in [5.74, 6) is 0. The molecule has 1 aliphatic carbocycles. The van der Waals surface area contributed by atoms with Crippen LogP contribution in [0.4, 0.5) is 0 Å². The van der Waals surface area contributed by atoms with Crippen LogP contribution in [0.1, 0.15) is 27.2 Å². The van der Waals surface area contributed by atoms with Crippen molar-refractivity contribution in [2.45, 2.75) is 32.1 Å². The van der Waals surface area contributed by atoms with E-state index in [2.05, 4.69) is 39.3 Å². The van der Waals surface area contributed by atoms with Gasteiger partial charge in [-0.05, 0) is 25.2 Å². The SMILES string of the molecule is CC1(C)[CH]C(C)(Cl)CC=C1. The second kappa shape index (κ2) is 2.27. The predicted octanol–water partition coefficient (Wildman–Crippen LogP) is 3.17. The second-order valence-corrected chi connectivity index (χ2v) is 4.71. The Balaban J connectivity index is 2.73. The predicted molar refractivity (Wildman–Crippen MR) is 46.1 cm³/mol. The molecule has 0 aromatic heterocycles. The molecule has 1 unspecified atom stereocenters. The van der Waals surface area contributed by atoms with Crippen molar-refractivity contribution in [1.29, 1.82) is 0 Å². The first-order valence-corrected chi connectivity index (χ1v) is 4.03. The first kappa shape index (κ1) is 8.13. The maximum absolute atomic E-state index is 6.15. The molecule has 0 aromatic carbocycles.